The van der Waals surface area contributed by atoms with Gasteiger partial charge in [-0.1, -0.05) is 11.6 Å². The molecule has 1 aromatic heterocycles. The minimum atomic E-state index is -1.23. The monoisotopic (exact) mass is 273 g/mol. The van der Waals surface area contributed by atoms with Gasteiger partial charge in [0.2, 0.25) is 5.91 Å². The van der Waals surface area contributed by atoms with Gasteiger partial charge >= 0.3 is 5.97 Å². The molecule has 0 aromatic carbocycles. The summed E-state index contributed by atoms with van der Waals surface area (Å²) >= 11 is 5.62. The van der Waals surface area contributed by atoms with Gasteiger partial charge in [0.1, 0.15) is 11.7 Å². The van der Waals surface area contributed by atoms with Crippen LogP contribution in [0.4, 0.5) is 0 Å². The molecule has 1 unspecified atom stereocenters. The lowest BCUT2D eigenvalue weighted by molar-refractivity contribution is -0.139. The predicted molar refractivity (Wildman–Crippen MR) is 63.1 cm³/mol. The van der Waals surface area contributed by atoms with Crippen molar-refractivity contribution in [1.82, 2.24) is 10.3 Å². The van der Waals surface area contributed by atoms with Crippen LogP contribution >= 0.6 is 11.6 Å². The van der Waals surface area contributed by atoms with Crippen molar-refractivity contribution in [2.45, 2.75) is 18.9 Å². The van der Waals surface area contributed by atoms with Gasteiger partial charge in [-0.25, -0.2) is 4.79 Å². The molecule has 18 heavy (non-hydrogen) atoms. The molecule has 8 heteroatoms. The van der Waals surface area contributed by atoms with E-state index in [4.69, 9.17) is 22.4 Å². The summed E-state index contributed by atoms with van der Waals surface area (Å²) in [6.45, 7) is 0. The third kappa shape index (κ3) is 4.10. The van der Waals surface area contributed by atoms with Crippen LogP contribution in [0.2, 0.25) is 5.02 Å². The molecule has 1 rings (SSSR count). The molecular formula is C10H12ClN3O4. The predicted octanol–water partition coefficient (Wildman–Crippen LogP) is 0.117. The third-order valence-corrected chi connectivity index (χ3v) is 2.39. The van der Waals surface area contributed by atoms with Crippen molar-refractivity contribution in [2.24, 2.45) is 5.73 Å². The van der Waals surface area contributed by atoms with Crippen LogP contribution in [-0.2, 0) is 9.59 Å². The molecule has 0 saturated heterocycles. The topological polar surface area (TPSA) is 125 Å². The van der Waals surface area contributed by atoms with E-state index < -0.39 is 23.8 Å². The molecule has 0 bridgehead atoms. The Balaban J connectivity index is 2.63. The highest BCUT2D eigenvalue weighted by Gasteiger charge is 2.21. The first-order chi connectivity index (χ1) is 8.40. The van der Waals surface area contributed by atoms with E-state index in [0.29, 0.717) is 5.02 Å². The summed E-state index contributed by atoms with van der Waals surface area (Å²) < 4.78 is 0. The molecule has 0 aliphatic carbocycles. The molecule has 0 spiro atoms. The normalized spacial score (nSPS) is 11.8. The van der Waals surface area contributed by atoms with Crippen molar-refractivity contribution in [1.29, 1.82) is 0 Å². The van der Waals surface area contributed by atoms with Crippen LogP contribution in [0.3, 0.4) is 0 Å². The summed E-state index contributed by atoms with van der Waals surface area (Å²) in [6, 6.07) is 0.191. The van der Waals surface area contributed by atoms with E-state index in [9.17, 15) is 14.4 Å². The highest BCUT2D eigenvalue weighted by molar-refractivity contribution is 6.30. The number of aromatic nitrogens is 1. The maximum Gasteiger partial charge on any atom is 0.326 e. The van der Waals surface area contributed by atoms with Crippen LogP contribution in [0.25, 0.3) is 0 Å². The van der Waals surface area contributed by atoms with Crippen molar-refractivity contribution in [2.75, 3.05) is 0 Å². The Kier molecular flexibility index (Phi) is 4.73. The number of nitrogens with one attached hydrogen (secondary N) is 2. The van der Waals surface area contributed by atoms with Gasteiger partial charge in [-0.3, -0.25) is 9.59 Å². The van der Waals surface area contributed by atoms with Crippen LogP contribution in [0.5, 0.6) is 0 Å². The maximum absolute atomic E-state index is 11.6. The molecule has 98 valence electrons. The van der Waals surface area contributed by atoms with E-state index in [1.165, 1.54) is 12.3 Å². The molecule has 5 N–H and O–H groups in total. The molecule has 0 saturated carbocycles. The number of hydrogen-bond acceptors (Lipinski definition) is 3. The molecule has 1 atom stereocenters. The lowest BCUT2D eigenvalue weighted by Gasteiger charge is -2.12. The van der Waals surface area contributed by atoms with Gasteiger partial charge < -0.3 is 21.1 Å². The van der Waals surface area contributed by atoms with Gasteiger partial charge in [-0.15, -0.1) is 0 Å². The first-order valence-corrected chi connectivity index (χ1v) is 5.44. The van der Waals surface area contributed by atoms with Crippen molar-refractivity contribution in [3.05, 3.63) is 23.0 Å². The summed E-state index contributed by atoms with van der Waals surface area (Å²) in [7, 11) is 0. The van der Waals surface area contributed by atoms with Crippen LogP contribution in [0.15, 0.2) is 12.3 Å². The summed E-state index contributed by atoms with van der Waals surface area (Å²) in [6.07, 6.45) is 1.21. The van der Waals surface area contributed by atoms with Crippen LogP contribution in [-0.4, -0.2) is 33.9 Å². The average Bonchev–Trinajstić information content (AvgIpc) is 2.70. The van der Waals surface area contributed by atoms with Crippen molar-refractivity contribution in [3.63, 3.8) is 0 Å². The number of nitrogens with two attached hydrogens (primary N) is 1. The van der Waals surface area contributed by atoms with E-state index in [1.54, 1.807) is 0 Å². The molecule has 1 heterocycles. The highest BCUT2D eigenvalue weighted by atomic mass is 35.5. The first-order valence-electron chi connectivity index (χ1n) is 5.06. The minimum absolute atomic E-state index is 0.0646. The quantitative estimate of drug-likeness (QED) is 0.587. The number of H-pyrrole nitrogens is 1. The van der Waals surface area contributed by atoms with E-state index in [1.807, 2.05) is 0 Å². The van der Waals surface area contributed by atoms with Crippen LogP contribution < -0.4 is 11.1 Å². The number of carbonyl (C=O) groups excluding carboxylic acids is 2. The zero-order valence-corrected chi connectivity index (χ0v) is 10.0. The zero-order valence-electron chi connectivity index (χ0n) is 9.27. The number of amides is 2. The van der Waals surface area contributed by atoms with Crippen LogP contribution in [0, 0.1) is 0 Å². The number of halogens is 1. The Morgan fingerprint density at radius 1 is 1.50 bits per heavy atom. The maximum atomic E-state index is 11.6. The molecule has 0 fully saturated rings. The fourth-order valence-corrected chi connectivity index (χ4v) is 1.44. The number of hydrogen-bond donors (Lipinski definition) is 4. The van der Waals surface area contributed by atoms with Gasteiger partial charge in [-0.05, 0) is 12.5 Å². The molecule has 2 amide bonds. The van der Waals surface area contributed by atoms with Crippen LogP contribution in [0.1, 0.15) is 23.3 Å². The van der Waals surface area contributed by atoms with Crippen molar-refractivity contribution < 1.29 is 19.5 Å². The summed E-state index contributed by atoms with van der Waals surface area (Å²) in [5.41, 5.74) is 5.06. The van der Waals surface area contributed by atoms with Gasteiger partial charge in [0, 0.05) is 12.6 Å². The lowest BCUT2D eigenvalue weighted by Crippen LogP contribution is -2.41. The summed E-state index contributed by atoms with van der Waals surface area (Å²) in [5, 5.41) is 11.5. The Morgan fingerprint density at radius 3 is 2.61 bits per heavy atom. The fraction of sp³-hybridized carbons (Fsp3) is 0.300. The number of carboxylic acids is 1. The Morgan fingerprint density at radius 2 is 2.17 bits per heavy atom. The standard InChI is InChI=1S/C10H12ClN3O4/c11-5-3-7(13-4-5)9(16)14-6(10(17)18)1-2-8(12)15/h3-4,6,13H,1-2H2,(H2,12,15)(H,14,16)(H,17,18). The second kappa shape index (κ2) is 6.06. The second-order valence-corrected chi connectivity index (χ2v) is 4.04. The van der Waals surface area contributed by atoms with Gasteiger partial charge in [-0.2, -0.15) is 0 Å². The third-order valence-electron chi connectivity index (χ3n) is 2.18. The molecular weight excluding hydrogens is 262 g/mol. The first kappa shape index (κ1) is 14.0. The number of carbonyl (C=O) groups is 3. The lowest BCUT2D eigenvalue weighted by atomic mass is 10.1. The van der Waals surface area contributed by atoms with Gasteiger partial charge in [0.05, 0.1) is 5.02 Å². The molecule has 0 aliphatic heterocycles. The number of primary amides is 1. The number of aromatic amines is 1. The number of carboxylic acid groups (broad SMARTS) is 1. The average molecular weight is 274 g/mol. The molecule has 1 aromatic rings. The fourth-order valence-electron chi connectivity index (χ4n) is 1.28. The number of rotatable bonds is 6. The molecule has 0 aliphatic rings. The summed E-state index contributed by atoms with van der Waals surface area (Å²) in [4.78, 5) is 35.7. The summed E-state index contributed by atoms with van der Waals surface area (Å²) in [5.74, 6) is -2.47. The Hall–Kier alpha value is -2.02. The zero-order chi connectivity index (χ0) is 13.7. The van der Waals surface area contributed by atoms with Crippen molar-refractivity contribution >= 4 is 29.4 Å². The highest BCUT2D eigenvalue weighted by Crippen LogP contribution is 2.09. The number of aliphatic carboxylic acids is 1. The largest absolute Gasteiger partial charge is 0.480 e. The Labute approximate surface area is 107 Å². The van der Waals surface area contributed by atoms with E-state index >= 15 is 0 Å². The minimum Gasteiger partial charge on any atom is -0.480 e. The van der Waals surface area contributed by atoms with E-state index in [-0.39, 0.29) is 18.5 Å². The van der Waals surface area contributed by atoms with E-state index in [0.717, 1.165) is 0 Å². The Bertz CT molecular complexity index is 471. The molecule has 7 nitrogen and oxygen atoms in total. The SMILES string of the molecule is NC(=O)CCC(NC(=O)c1cc(Cl)c[nH]1)C(=O)O. The van der Waals surface area contributed by atoms with E-state index in [2.05, 4.69) is 10.3 Å². The van der Waals surface area contributed by atoms with Gasteiger partial charge in [0.15, 0.2) is 0 Å². The smallest absolute Gasteiger partial charge is 0.326 e. The van der Waals surface area contributed by atoms with Crippen molar-refractivity contribution in [3.8, 4) is 0 Å². The molecule has 0 radical (unpaired) electrons. The second-order valence-electron chi connectivity index (χ2n) is 3.60. The van der Waals surface area contributed by atoms with Gasteiger partial charge in [0.25, 0.3) is 5.91 Å².